The number of hydrogen-bond donors (Lipinski definition) is 1. The summed E-state index contributed by atoms with van der Waals surface area (Å²) < 4.78 is 0. The molecule has 0 spiro atoms. The zero-order valence-electron chi connectivity index (χ0n) is 10.6. The van der Waals surface area contributed by atoms with Crippen LogP contribution < -0.4 is 5.32 Å². The summed E-state index contributed by atoms with van der Waals surface area (Å²) in [6, 6.07) is 7.75. The van der Waals surface area contributed by atoms with Gasteiger partial charge in [-0.15, -0.1) is 0 Å². The molecular weight excluding hydrogens is 194 g/mol. The highest BCUT2D eigenvalue weighted by Crippen LogP contribution is 2.20. The molecule has 0 unspecified atom stereocenters. The Morgan fingerprint density at radius 3 is 2.75 bits per heavy atom. The molecule has 1 aliphatic rings. The van der Waals surface area contributed by atoms with Crippen LogP contribution in [0.2, 0.25) is 0 Å². The third-order valence-corrected chi connectivity index (χ3v) is 3.38. The van der Waals surface area contributed by atoms with E-state index in [2.05, 4.69) is 37.4 Å². The molecule has 2 rings (SSSR count). The summed E-state index contributed by atoms with van der Waals surface area (Å²) in [5.74, 6) is 0. The maximum Gasteiger partial charge on any atom is 0.0208 e. The van der Waals surface area contributed by atoms with Crippen LogP contribution in [0.25, 0.3) is 0 Å². The van der Waals surface area contributed by atoms with Gasteiger partial charge in [0.2, 0.25) is 0 Å². The van der Waals surface area contributed by atoms with Crippen molar-refractivity contribution in [2.45, 2.75) is 58.5 Å². The van der Waals surface area contributed by atoms with Crippen molar-refractivity contribution in [1.29, 1.82) is 0 Å². The minimum Gasteiger partial charge on any atom is -0.310 e. The second kappa shape index (κ2) is 5.49. The SMILES string of the molecule is CCCCc1ccc(CNC2CC2)cc1C. The summed E-state index contributed by atoms with van der Waals surface area (Å²) in [5, 5.41) is 3.56. The summed E-state index contributed by atoms with van der Waals surface area (Å²) in [4.78, 5) is 0. The quantitative estimate of drug-likeness (QED) is 0.768. The third-order valence-electron chi connectivity index (χ3n) is 3.38. The van der Waals surface area contributed by atoms with E-state index in [1.54, 1.807) is 0 Å². The van der Waals surface area contributed by atoms with Crippen molar-refractivity contribution in [3.63, 3.8) is 0 Å². The number of nitrogens with one attached hydrogen (secondary N) is 1. The van der Waals surface area contributed by atoms with Crippen molar-refractivity contribution in [3.8, 4) is 0 Å². The predicted molar refractivity (Wildman–Crippen MR) is 69.7 cm³/mol. The summed E-state index contributed by atoms with van der Waals surface area (Å²) in [5.41, 5.74) is 4.42. The molecule has 1 aromatic rings. The second-order valence-electron chi connectivity index (χ2n) is 5.02. The van der Waals surface area contributed by atoms with Gasteiger partial charge >= 0.3 is 0 Å². The van der Waals surface area contributed by atoms with Crippen LogP contribution in [-0.4, -0.2) is 6.04 Å². The highest BCUT2D eigenvalue weighted by atomic mass is 14.9. The summed E-state index contributed by atoms with van der Waals surface area (Å²) in [6.07, 6.45) is 6.56. The molecule has 1 heteroatoms. The molecule has 0 amide bonds. The molecule has 1 nitrogen and oxygen atoms in total. The Labute approximate surface area is 99.3 Å². The number of hydrogen-bond acceptors (Lipinski definition) is 1. The Bertz CT molecular complexity index is 339. The van der Waals surface area contributed by atoms with Crippen LogP contribution in [0.15, 0.2) is 18.2 Å². The molecule has 0 aliphatic heterocycles. The van der Waals surface area contributed by atoms with E-state index in [1.165, 1.54) is 48.8 Å². The average Bonchev–Trinajstić information content (AvgIpc) is 3.09. The van der Waals surface area contributed by atoms with Gasteiger partial charge in [-0.2, -0.15) is 0 Å². The predicted octanol–water partition coefficient (Wildman–Crippen LogP) is 3.59. The van der Waals surface area contributed by atoms with Crippen molar-refractivity contribution in [2.24, 2.45) is 0 Å². The lowest BCUT2D eigenvalue weighted by molar-refractivity contribution is 0.687. The standard InChI is InChI=1S/C15H23N/c1-3-4-5-14-7-6-13(10-12(14)2)11-16-15-8-9-15/h6-7,10,15-16H,3-5,8-9,11H2,1-2H3. The van der Waals surface area contributed by atoms with E-state index in [-0.39, 0.29) is 0 Å². The van der Waals surface area contributed by atoms with Gasteiger partial charge in [0, 0.05) is 12.6 Å². The van der Waals surface area contributed by atoms with Crippen molar-refractivity contribution < 1.29 is 0 Å². The Hall–Kier alpha value is -0.820. The first-order valence-corrected chi connectivity index (χ1v) is 6.61. The Morgan fingerprint density at radius 1 is 1.31 bits per heavy atom. The second-order valence-corrected chi connectivity index (χ2v) is 5.02. The van der Waals surface area contributed by atoms with E-state index in [0.29, 0.717) is 0 Å². The molecule has 0 radical (unpaired) electrons. The van der Waals surface area contributed by atoms with Gasteiger partial charge < -0.3 is 5.32 Å². The average molecular weight is 217 g/mol. The maximum atomic E-state index is 3.56. The molecule has 0 bridgehead atoms. The fourth-order valence-electron chi connectivity index (χ4n) is 2.07. The van der Waals surface area contributed by atoms with Gasteiger partial charge in [-0.3, -0.25) is 0 Å². The highest BCUT2D eigenvalue weighted by molar-refractivity contribution is 5.31. The monoisotopic (exact) mass is 217 g/mol. The van der Waals surface area contributed by atoms with Crippen LogP contribution in [-0.2, 0) is 13.0 Å². The Morgan fingerprint density at radius 2 is 2.12 bits per heavy atom. The molecule has 16 heavy (non-hydrogen) atoms. The smallest absolute Gasteiger partial charge is 0.0208 e. The van der Waals surface area contributed by atoms with E-state index in [9.17, 15) is 0 Å². The number of benzene rings is 1. The number of unbranched alkanes of at least 4 members (excludes halogenated alkanes) is 1. The molecule has 1 aliphatic carbocycles. The van der Waals surface area contributed by atoms with Crippen LogP contribution in [0.5, 0.6) is 0 Å². The van der Waals surface area contributed by atoms with Gasteiger partial charge in [-0.05, 0) is 49.3 Å². The molecular formula is C15H23N. The molecule has 0 aromatic heterocycles. The molecule has 0 atom stereocenters. The lowest BCUT2D eigenvalue weighted by atomic mass is 10.0. The van der Waals surface area contributed by atoms with E-state index in [0.717, 1.165) is 12.6 Å². The fraction of sp³-hybridized carbons (Fsp3) is 0.600. The zero-order valence-corrected chi connectivity index (χ0v) is 10.6. The van der Waals surface area contributed by atoms with Gasteiger partial charge in [0.25, 0.3) is 0 Å². The minimum absolute atomic E-state index is 0.806. The zero-order chi connectivity index (χ0) is 11.4. The van der Waals surface area contributed by atoms with Gasteiger partial charge in [-0.1, -0.05) is 31.5 Å². The van der Waals surface area contributed by atoms with Crippen molar-refractivity contribution in [2.75, 3.05) is 0 Å². The van der Waals surface area contributed by atoms with Gasteiger partial charge in [0.05, 0.1) is 0 Å². The first-order valence-electron chi connectivity index (χ1n) is 6.61. The van der Waals surface area contributed by atoms with Crippen LogP contribution in [0.4, 0.5) is 0 Å². The molecule has 88 valence electrons. The highest BCUT2D eigenvalue weighted by Gasteiger charge is 2.19. The molecule has 1 saturated carbocycles. The maximum absolute atomic E-state index is 3.56. The van der Waals surface area contributed by atoms with Crippen LogP contribution in [0.1, 0.15) is 49.3 Å². The van der Waals surface area contributed by atoms with Gasteiger partial charge in [0.1, 0.15) is 0 Å². The normalized spacial score (nSPS) is 15.4. The fourth-order valence-corrected chi connectivity index (χ4v) is 2.07. The third kappa shape index (κ3) is 3.34. The Balaban J connectivity index is 1.91. The molecule has 1 fully saturated rings. The lowest BCUT2D eigenvalue weighted by Crippen LogP contribution is -2.15. The summed E-state index contributed by atoms with van der Waals surface area (Å²) in [6.45, 7) is 5.54. The number of rotatable bonds is 6. The summed E-state index contributed by atoms with van der Waals surface area (Å²) in [7, 11) is 0. The van der Waals surface area contributed by atoms with Gasteiger partial charge in [0.15, 0.2) is 0 Å². The van der Waals surface area contributed by atoms with E-state index >= 15 is 0 Å². The van der Waals surface area contributed by atoms with Gasteiger partial charge in [-0.25, -0.2) is 0 Å². The van der Waals surface area contributed by atoms with Crippen LogP contribution in [0.3, 0.4) is 0 Å². The Kier molecular flexibility index (Phi) is 4.00. The largest absolute Gasteiger partial charge is 0.310 e. The van der Waals surface area contributed by atoms with Crippen molar-refractivity contribution in [3.05, 3.63) is 34.9 Å². The van der Waals surface area contributed by atoms with Crippen LogP contribution >= 0.6 is 0 Å². The first-order chi connectivity index (χ1) is 7.79. The summed E-state index contributed by atoms with van der Waals surface area (Å²) >= 11 is 0. The van der Waals surface area contributed by atoms with E-state index in [1.807, 2.05) is 0 Å². The molecule has 1 N–H and O–H groups in total. The first kappa shape index (κ1) is 11.7. The molecule has 1 aromatic carbocycles. The number of aryl methyl sites for hydroxylation is 2. The van der Waals surface area contributed by atoms with E-state index < -0.39 is 0 Å². The van der Waals surface area contributed by atoms with E-state index in [4.69, 9.17) is 0 Å². The minimum atomic E-state index is 0.806. The molecule has 0 heterocycles. The lowest BCUT2D eigenvalue weighted by Gasteiger charge is -2.09. The van der Waals surface area contributed by atoms with Crippen molar-refractivity contribution >= 4 is 0 Å². The van der Waals surface area contributed by atoms with Crippen LogP contribution in [0, 0.1) is 6.92 Å². The van der Waals surface area contributed by atoms with Crippen molar-refractivity contribution in [1.82, 2.24) is 5.32 Å². The topological polar surface area (TPSA) is 12.0 Å². The molecule has 0 saturated heterocycles.